The van der Waals surface area contributed by atoms with E-state index in [0.29, 0.717) is 17.5 Å². The summed E-state index contributed by atoms with van der Waals surface area (Å²) < 4.78 is 0.844. The van der Waals surface area contributed by atoms with E-state index in [9.17, 15) is 4.79 Å². The van der Waals surface area contributed by atoms with Crippen LogP contribution in [0.2, 0.25) is 5.02 Å². The van der Waals surface area contributed by atoms with Gasteiger partial charge in [0, 0.05) is 16.0 Å². The Kier molecular flexibility index (Phi) is 4.24. The molecule has 2 rings (SSSR count). The molecule has 1 aliphatic heterocycles. The second kappa shape index (κ2) is 5.71. The topological polar surface area (TPSA) is 53.5 Å². The first kappa shape index (κ1) is 13.4. The van der Waals surface area contributed by atoms with E-state index in [1.165, 1.54) is 0 Å². The Hall–Kier alpha value is -1.07. The molecule has 1 aromatic rings. The molecule has 0 radical (unpaired) electrons. The summed E-state index contributed by atoms with van der Waals surface area (Å²) in [5.74, 6) is 0.409. The fourth-order valence-electron chi connectivity index (χ4n) is 1.69. The molecule has 1 fully saturated rings. The second-order valence-electron chi connectivity index (χ2n) is 3.96. The van der Waals surface area contributed by atoms with E-state index in [2.05, 4.69) is 31.6 Å². The first-order valence-electron chi connectivity index (χ1n) is 5.68. The Morgan fingerprint density at radius 3 is 3.00 bits per heavy atom. The van der Waals surface area contributed by atoms with Gasteiger partial charge in [-0.25, -0.2) is 0 Å². The van der Waals surface area contributed by atoms with Gasteiger partial charge in [0.1, 0.15) is 6.04 Å². The molecule has 1 amide bonds. The highest BCUT2D eigenvalue weighted by Gasteiger charge is 2.31. The first-order valence-corrected chi connectivity index (χ1v) is 6.85. The third-order valence-electron chi connectivity index (χ3n) is 2.55. The number of nitrogens with one attached hydrogen (secondary N) is 2. The SMILES string of the molecule is CCCN=C1NC(=O)C(c2cc(Cl)ccc2Br)N1. The van der Waals surface area contributed by atoms with E-state index in [-0.39, 0.29) is 5.91 Å². The van der Waals surface area contributed by atoms with E-state index in [1.54, 1.807) is 12.1 Å². The molecule has 96 valence electrons. The van der Waals surface area contributed by atoms with Crippen LogP contribution in [0.4, 0.5) is 0 Å². The van der Waals surface area contributed by atoms with Crippen LogP contribution in [-0.2, 0) is 4.79 Å². The molecular weight excluding hydrogens is 318 g/mol. The first-order chi connectivity index (χ1) is 8.61. The normalized spacial score (nSPS) is 20.9. The molecule has 1 unspecified atom stereocenters. The van der Waals surface area contributed by atoms with Gasteiger partial charge in [0.25, 0.3) is 5.91 Å². The number of rotatable bonds is 3. The number of benzene rings is 1. The summed E-state index contributed by atoms with van der Waals surface area (Å²) in [6.07, 6.45) is 0.937. The van der Waals surface area contributed by atoms with Crippen molar-refractivity contribution >= 4 is 39.4 Å². The van der Waals surface area contributed by atoms with Crippen molar-refractivity contribution in [3.63, 3.8) is 0 Å². The predicted octanol–water partition coefficient (Wildman–Crippen LogP) is 2.63. The molecule has 1 saturated heterocycles. The third-order valence-corrected chi connectivity index (χ3v) is 3.50. The van der Waals surface area contributed by atoms with E-state index in [1.807, 2.05) is 13.0 Å². The summed E-state index contributed by atoms with van der Waals surface area (Å²) in [5.41, 5.74) is 0.807. The van der Waals surface area contributed by atoms with Crippen LogP contribution < -0.4 is 10.6 Å². The maximum absolute atomic E-state index is 11.9. The highest BCUT2D eigenvalue weighted by atomic mass is 79.9. The molecule has 18 heavy (non-hydrogen) atoms. The molecule has 0 aromatic heterocycles. The van der Waals surface area contributed by atoms with Crippen LogP contribution in [0.15, 0.2) is 27.7 Å². The fraction of sp³-hybridized carbons (Fsp3) is 0.333. The average Bonchev–Trinajstić information content (AvgIpc) is 2.71. The zero-order valence-corrected chi connectivity index (χ0v) is 12.2. The number of nitrogens with zero attached hydrogens (tertiary/aromatic N) is 1. The number of hydrogen-bond donors (Lipinski definition) is 2. The minimum atomic E-state index is -0.450. The minimum Gasteiger partial charge on any atom is -0.340 e. The van der Waals surface area contributed by atoms with Gasteiger partial charge in [-0.05, 0) is 30.2 Å². The smallest absolute Gasteiger partial charge is 0.253 e. The summed E-state index contributed by atoms with van der Waals surface area (Å²) in [6.45, 7) is 2.72. The highest BCUT2D eigenvalue weighted by molar-refractivity contribution is 9.10. The van der Waals surface area contributed by atoms with Gasteiger partial charge in [-0.15, -0.1) is 0 Å². The maximum atomic E-state index is 11.9. The van der Waals surface area contributed by atoms with Crippen LogP contribution in [0, 0.1) is 0 Å². The fourth-order valence-corrected chi connectivity index (χ4v) is 2.35. The molecule has 4 nitrogen and oxygen atoms in total. The van der Waals surface area contributed by atoms with Crippen molar-refractivity contribution in [2.24, 2.45) is 4.99 Å². The summed E-state index contributed by atoms with van der Waals surface area (Å²) in [4.78, 5) is 16.1. The van der Waals surface area contributed by atoms with Crippen LogP contribution >= 0.6 is 27.5 Å². The summed E-state index contributed by atoms with van der Waals surface area (Å²) in [6, 6.07) is 4.92. The molecule has 1 heterocycles. The van der Waals surface area contributed by atoms with Gasteiger partial charge in [-0.1, -0.05) is 34.5 Å². The van der Waals surface area contributed by atoms with Crippen LogP contribution in [0.5, 0.6) is 0 Å². The van der Waals surface area contributed by atoms with Gasteiger partial charge >= 0.3 is 0 Å². The average molecular weight is 331 g/mol. The summed E-state index contributed by atoms with van der Waals surface area (Å²) in [5, 5.41) is 6.38. The Morgan fingerprint density at radius 1 is 1.50 bits per heavy atom. The van der Waals surface area contributed by atoms with E-state index >= 15 is 0 Å². The third kappa shape index (κ3) is 2.84. The van der Waals surface area contributed by atoms with Crippen LogP contribution in [0.25, 0.3) is 0 Å². The summed E-state index contributed by atoms with van der Waals surface area (Å²) >= 11 is 9.37. The van der Waals surface area contributed by atoms with Crippen molar-refractivity contribution in [3.05, 3.63) is 33.3 Å². The van der Waals surface area contributed by atoms with Gasteiger partial charge in [0.2, 0.25) is 0 Å². The molecule has 1 aliphatic rings. The standard InChI is InChI=1S/C12H13BrClN3O/c1-2-5-15-12-16-10(11(18)17-12)8-6-7(14)3-4-9(8)13/h3-4,6,10H,2,5H2,1H3,(H2,15,16,17,18). The molecule has 0 aliphatic carbocycles. The number of carbonyl (C=O) groups excluding carboxylic acids is 1. The van der Waals surface area contributed by atoms with E-state index in [4.69, 9.17) is 11.6 Å². The lowest BCUT2D eigenvalue weighted by Crippen LogP contribution is -2.25. The van der Waals surface area contributed by atoms with Gasteiger partial charge in [-0.3, -0.25) is 15.1 Å². The lowest BCUT2D eigenvalue weighted by atomic mass is 10.1. The monoisotopic (exact) mass is 329 g/mol. The Morgan fingerprint density at radius 2 is 2.28 bits per heavy atom. The second-order valence-corrected chi connectivity index (χ2v) is 5.25. The maximum Gasteiger partial charge on any atom is 0.253 e. The molecule has 6 heteroatoms. The van der Waals surface area contributed by atoms with Crippen molar-refractivity contribution in [2.75, 3.05) is 6.54 Å². The number of carbonyl (C=O) groups is 1. The Bertz CT molecular complexity index is 504. The number of aliphatic imine (C=N–C) groups is 1. The van der Waals surface area contributed by atoms with Crippen LogP contribution in [0.3, 0.4) is 0 Å². The molecule has 0 saturated carbocycles. The van der Waals surface area contributed by atoms with E-state index < -0.39 is 6.04 Å². The van der Waals surface area contributed by atoms with Gasteiger partial charge < -0.3 is 5.32 Å². The highest BCUT2D eigenvalue weighted by Crippen LogP contribution is 2.28. The summed E-state index contributed by atoms with van der Waals surface area (Å²) in [7, 11) is 0. The lowest BCUT2D eigenvalue weighted by molar-refractivity contribution is -0.120. The minimum absolute atomic E-state index is 0.118. The molecule has 1 aromatic carbocycles. The quantitative estimate of drug-likeness (QED) is 0.895. The number of halogens is 2. The number of amides is 1. The largest absolute Gasteiger partial charge is 0.340 e. The molecular formula is C12H13BrClN3O. The van der Waals surface area contributed by atoms with Crippen LogP contribution in [0.1, 0.15) is 24.9 Å². The molecule has 0 bridgehead atoms. The number of hydrogen-bond acceptors (Lipinski definition) is 2. The van der Waals surface area contributed by atoms with Gasteiger partial charge in [-0.2, -0.15) is 0 Å². The Labute approximate surface area is 119 Å². The Balaban J connectivity index is 2.24. The zero-order chi connectivity index (χ0) is 13.1. The number of guanidine groups is 1. The van der Waals surface area contributed by atoms with Crippen molar-refractivity contribution in [1.29, 1.82) is 0 Å². The zero-order valence-electron chi connectivity index (χ0n) is 9.84. The van der Waals surface area contributed by atoms with Crippen LogP contribution in [-0.4, -0.2) is 18.4 Å². The van der Waals surface area contributed by atoms with E-state index in [0.717, 1.165) is 16.5 Å². The molecule has 0 spiro atoms. The molecule has 1 atom stereocenters. The van der Waals surface area contributed by atoms with Crippen molar-refractivity contribution in [1.82, 2.24) is 10.6 Å². The lowest BCUT2D eigenvalue weighted by Gasteiger charge is -2.10. The van der Waals surface area contributed by atoms with Crippen molar-refractivity contribution < 1.29 is 4.79 Å². The van der Waals surface area contributed by atoms with Gasteiger partial charge in [0.05, 0.1) is 0 Å². The van der Waals surface area contributed by atoms with Crippen molar-refractivity contribution in [2.45, 2.75) is 19.4 Å². The van der Waals surface area contributed by atoms with Gasteiger partial charge in [0.15, 0.2) is 5.96 Å². The predicted molar refractivity (Wildman–Crippen MR) is 75.8 cm³/mol. The molecule has 2 N–H and O–H groups in total. The van der Waals surface area contributed by atoms with Crippen molar-refractivity contribution in [3.8, 4) is 0 Å².